The van der Waals surface area contributed by atoms with E-state index < -0.39 is 11.6 Å². The minimum absolute atomic E-state index is 0.117. The van der Waals surface area contributed by atoms with Crippen molar-refractivity contribution in [3.05, 3.63) is 0 Å². The van der Waals surface area contributed by atoms with Gasteiger partial charge in [-0.2, -0.15) is 0 Å². The molecular weight excluding hydrogens is 282 g/mol. The third-order valence-corrected chi connectivity index (χ3v) is 4.85. The monoisotopic (exact) mass is 309 g/mol. The van der Waals surface area contributed by atoms with Crippen molar-refractivity contribution in [2.75, 3.05) is 13.1 Å². The zero-order chi connectivity index (χ0) is 16.3. The first-order valence-electron chi connectivity index (χ1n) is 8.27. The quantitative estimate of drug-likeness (QED) is 0.758. The Morgan fingerprint density at radius 1 is 1.41 bits per heavy atom. The minimum Gasteiger partial charge on any atom is -0.355 e. The Labute approximate surface area is 132 Å². The lowest BCUT2D eigenvalue weighted by molar-refractivity contribution is -0.137. The first-order valence-corrected chi connectivity index (χ1v) is 8.27. The van der Waals surface area contributed by atoms with Crippen molar-refractivity contribution in [2.45, 2.75) is 58.4 Å². The van der Waals surface area contributed by atoms with E-state index in [0.29, 0.717) is 18.9 Å². The van der Waals surface area contributed by atoms with Gasteiger partial charge in [0.1, 0.15) is 12.1 Å². The largest absolute Gasteiger partial charge is 0.355 e. The molecule has 1 heterocycles. The summed E-state index contributed by atoms with van der Waals surface area (Å²) in [6.07, 6.45) is 4.50. The van der Waals surface area contributed by atoms with Crippen molar-refractivity contribution < 1.29 is 14.4 Å². The maximum absolute atomic E-state index is 12.7. The Morgan fingerprint density at radius 2 is 2.14 bits per heavy atom. The summed E-state index contributed by atoms with van der Waals surface area (Å²) >= 11 is 0. The molecule has 2 aliphatic rings. The molecular formula is C16H27N3O3. The summed E-state index contributed by atoms with van der Waals surface area (Å²) in [5, 5.41) is 5.63. The molecule has 2 atom stereocenters. The summed E-state index contributed by atoms with van der Waals surface area (Å²) in [7, 11) is 0. The van der Waals surface area contributed by atoms with Crippen LogP contribution in [-0.4, -0.2) is 41.4 Å². The van der Waals surface area contributed by atoms with Gasteiger partial charge in [0, 0.05) is 6.54 Å². The second-order valence-corrected chi connectivity index (χ2v) is 6.97. The van der Waals surface area contributed by atoms with Gasteiger partial charge >= 0.3 is 6.03 Å². The van der Waals surface area contributed by atoms with E-state index in [-0.39, 0.29) is 24.3 Å². The molecule has 0 aromatic carbocycles. The highest BCUT2D eigenvalue weighted by atomic mass is 16.2. The SMILES string of the molecule is CC(C)CCNC(=O)CN1C(=O)NC2(CCCCC2C)C1=O. The van der Waals surface area contributed by atoms with E-state index in [1.165, 1.54) is 0 Å². The average molecular weight is 309 g/mol. The molecule has 124 valence electrons. The van der Waals surface area contributed by atoms with E-state index in [4.69, 9.17) is 0 Å². The van der Waals surface area contributed by atoms with Crippen molar-refractivity contribution >= 4 is 17.8 Å². The Kier molecular flexibility index (Phi) is 5.08. The van der Waals surface area contributed by atoms with Gasteiger partial charge in [0.2, 0.25) is 5.91 Å². The molecule has 1 saturated carbocycles. The number of hydrogen-bond donors (Lipinski definition) is 2. The fraction of sp³-hybridized carbons (Fsp3) is 0.812. The number of urea groups is 1. The highest BCUT2D eigenvalue weighted by molar-refractivity contribution is 6.09. The van der Waals surface area contributed by atoms with Gasteiger partial charge in [-0.1, -0.05) is 33.6 Å². The summed E-state index contributed by atoms with van der Waals surface area (Å²) in [6.45, 7) is 6.55. The Balaban J connectivity index is 1.96. The molecule has 0 aromatic heterocycles. The van der Waals surface area contributed by atoms with Crippen LogP contribution in [0.4, 0.5) is 4.79 Å². The number of rotatable bonds is 5. The van der Waals surface area contributed by atoms with E-state index in [1.807, 2.05) is 6.92 Å². The third kappa shape index (κ3) is 3.25. The summed E-state index contributed by atoms with van der Waals surface area (Å²) in [6, 6.07) is -0.433. The molecule has 1 spiro atoms. The molecule has 22 heavy (non-hydrogen) atoms. The maximum atomic E-state index is 12.7. The number of nitrogens with zero attached hydrogens (tertiary/aromatic N) is 1. The molecule has 1 aliphatic heterocycles. The molecule has 0 bridgehead atoms. The number of hydrogen-bond acceptors (Lipinski definition) is 3. The molecule has 2 N–H and O–H groups in total. The normalized spacial score (nSPS) is 28.4. The predicted molar refractivity (Wildman–Crippen MR) is 83.1 cm³/mol. The van der Waals surface area contributed by atoms with Gasteiger partial charge in [0.05, 0.1) is 0 Å². The number of amides is 4. The van der Waals surface area contributed by atoms with Crippen LogP contribution in [0.15, 0.2) is 0 Å². The highest BCUT2D eigenvalue weighted by Gasteiger charge is 2.55. The van der Waals surface area contributed by atoms with Gasteiger partial charge in [-0.3, -0.25) is 14.5 Å². The van der Waals surface area contributed by atoms with Crippen molar-refractivity contribution in [1.29, 1.82) is 0 Å². The fourth-order valence-electron chi connectivity index (χ4n) is 3.34. The van der Waals surface area contributed by atoms with Crippen molar-refractivity contribution in [1.82, 2.24) is 15.5 Å². The van der Waals surface area contributed by atoms with Gasteiger partial charge < -0.3 is 10.6 Å². The molecule has 2 fully saturated rings. The molecule has 2 unspecified atom stereocenters. The van der Waals surface area contributed by atoms with E-state index in [0.717, 1.165) is 30.6 Å². The second-order valence-electron chi connectivity index (χ2n) is 6.97. The Hall–Kier alpha value is -1.59. The number of carbonyl (C=O) groups is 3. The van der Waals surface area contributed by atoms with Crippen LogP contribution >= 0.6 is 0 Å². The second kappa shape index (κ2) is 6.67. The molecule has 1 aliphatic carbocycles. The number of carbonyl (C=O) groups excluding carboxylic acids is 3. The van der Waals surface area contributed by atoms with Crippen molar-refractivity contribution in [3.63, 3.8) is 0 Å². The zero-order valence-electron chi connectivity index (χ0n) is 13.8. The lowest BCUT2D eigenvalue weighted by Gasteiger charge is -2.36. The highest BCUT2D eigenvalue weighted by Crippen LogP contribution is 2.38. The summed E-state index contributed by atoms with van der Waals surface area (Å²) in [5.74, 6) is 0.114. The van der Waals surface area contributed by atoms with E-state index in [1.54, 1.807) is 0 Å². The standard InChI is InChI=1S/C16H27N3O3/c1-11(2)7-9-17-13(20)10-19-14(21)16(18-15(19)22)8-5-4-6-12(16)3/h11-12H,4-10H2,1-3H3,(H,17,20)(H,18,22). The van der Waals surface area contributed by atoms with Crippen LogP contribution in [-0.2, 0) is 9.59 Å². The van der Waals surface area contributed by atoms with Gasteiger partial charge in [0.15, 0.2) is 0 Å². The van der Waals surface area contributed by atoms with E-state index in [9.17, 15) is 14.4 Å². The van der Waals surface area contributed by atoms with Crippen LogP contribution < -0.4 is 10.6 Å². The fourth-order valence-corrected chi connectivity index (χ4v) is 3.34. The minimum atomic E-state index is -0.784. The topological polar surface area (TPSA) is 78.5 Å². The lowest BCUT2D eigenvalue weighted by atomic mass is 9.73. The maximum Gasteiger partial charge on any atom is 0.325 e. The lowest BCUT2D eigenvalue weighted by Crippen LogP contribution is -2.54. The van der Waals surface area contributed by atoms with Gasteiger partial charge in [-0.05, 0) is 31.1 Å². The zero-order valence-corrected chi connectivity index (χ0v) is 13.8. The number of nitrogens with one attached hydrogen (secondary N) is 2. The van der Waals surface area contributed by atoms with Gasteiger partial charge in [-0.25, -0.2) is 4.79 Å². The molecule has 2 rings (SSSR count). The van der Waals surface area contributed by atoms with Crippen LogP contribution in [0.2, 0.25) is 0 Å². The molecule has 0 radical (unpaired) electrons. The van der Waals surface area contributed by atoms with Crippen molar-refractivity contribution in [3.8, 4) is 0 Å². The van der Waals surface area contributed by atoms with E-state index >= 15 is 0 Å². The number of imide groups is 1. The van der Waals surface area contributed by atoms with Crippen LogP contribution in [0.1, 0.15) is 52.9 Å². The van der Waals surface area contributed by atoms with Crippen LogP contribution in [0.25, 0.3) is 0 Å². The first-order chi connectivity index (χ1) is 10.4. The first kappa shape index (κ1) is 16.8. The summed E-state index contributed by atoms with van der Waals surface area (Å²) in [5.41, 5.74) is -0.784. The smallest absolute Gasteiger partial charge is 0.325 e. The van der Waals surface area contributed by atoms with Crippen LogP contribution in [0, 0.1) is 11.8 Å². The third-order valence-electron chi connectivity index (χ3n) is 4.85. The predicted octanol–water partition coefficient (Wildman–Crippen LogP) is 1.65. The van der Waals surface area contributed by atoms with Gasteiger partial charge in [0.25, 0.3) is 5.91 Å². The van der Waals surface area contributed by atoms with Crippen molar-refractivity contribution in [2.24, 2.45) is 11.8 Å². The molecule has 0 aromatic rings. The Morgan fingerprint density at radius 3 is 2.77 bits per heavy atom. The average Bonchev–Trinajstić information content (AvgIpc) is 2.67. The molecule has 6 nitrogen and oxygen atoms in total. The summed E-state index contributed by atoms with van der Waals surface area (Å²) in [4.78, 5) is 37.8. The summed E-state index contributed by atoms with van der Waals surface area (Å²) < 4.78 is 0. The Bertz CT molecular complexity index is 464. The molecule has 4 amide bonds. The van der Waals surface area contributed by atoms with E-state index in [2.05, 4.69) is 24.5 Å². The van der Waals surface area contributed by atoms with Gasteiger partial charge in [-0.15, -0.1) is 0 Å². The molecule has 6 heteroatoms. The van der Waals surface area contributed by atoms with Crippen LogP contribution in [0.5, 0.6) is 0 Å². The van der Waals surface area contributed by atoms with Crippen LogP contribution in [0.3, 0.4) is 0 Å². The molecule has 1 saturated heterocycles.